The topological polar surface area (TPSA) is 83.8 Å². The quantitative estimate of drug-likeness (QED) is 0.675. The Labute approximate surface area is 75.1 Å². The fourth-order valence-corrected chi connectivity index (χ4v) is 1.95. The molecule has 0 fully saturated rings. The summed E-state index contributed by atoms with van der Waals surface area (Å²) in [6, 6.07) is 0. The van der Waals surface area contributed by atoms with E-state index in [1.807, 2.05) is 0 Å². The molecule has 0 aliphatic heterocycles. The van der Waals surface area contributed by atoms with Crippen molar-refractivity contribution in [2.45, 2.75) is 25.7 Å². The number of carboxylic acid groups (broad SMARTS) is 1. The predicted molar refractivity (Wildman–Crippen MR) is 43.2 cm³/mol. The molecule has 0 bridgehead atoms. The fraction of sp³-hybridized carbons (Fsp3) is 0.833. The minimum atomic E-state index is -4.74. The van der Waals surface area contributed by atoms with E-state index < -0.39 is 25.4 Å². The zero-order valence-corrected chi connectivity index (χ0v) is 8.25. The second kappa shape index (κ2) is 4.17. The van der Waals surface area contributed by atoms with Crippen LogP contribution in [0.1, 0.15) is 20.3 Å². The first-order valence-electron chi connectivity index (χ1n) is 3.71. The number of carbonyl (C=O) groups is 1. The van der Waals surface area contributed by atoms with Crippen molar-refractivity contribution in [2.75, 3.05) is 6.61 Å². The summed E-state index contributed by atoms with van der Waals surface area (Å²) < 4.78 is 28.7. The van der Waals surface area contributed by atoms with Crippen LogP contribution in [0.5, 0.6) is 0 Å². The third-order valence-corrected chi connectivity index (χ3v) is 3.56. The molecule has 0 radical (unpaired) electrons. The average Bonchev–Trinajstić information content (AvgIpc) is 2.02. The molecule has 0 heterocycles. The van der Waals surface area contributed by atoms with Crippen LogP contribution in [0.15, 0.2) is 0 Å². The van der Waals surface area contributed by atoms with E-state index >= 15 is 0 Å². The molecule has 78 valence electrons. The first-order valence-corrected chi connectivity index (χ1v) is 5.29. The van der Waals surface area contributed by atoms with Crippen LogP contribution >= 0.6 is 7.60 Å². The molecule has 0 saturated carbocycles. The summed E-state index contributed by atoms with van der Waals surface area (Å²) in [5.74, 6) is -1.98. The van der Waals surface area contributed by atoms with Gasteiger partial charge in [-0.25, -0.2) is 9.18 Å². The van der Waals surface area contributed by atoms with E-state index in [1.165, 1.54) is 6.92 Å². The Kier molecular flexibility index (Phi) is 4.03. The van der Waals surface area contributed by atoms with Gasteiger partial charge in [-0.05, 0) is 6.92 Å². The Balaban J connectivity index is 4.95. The molecule has 0 aromatic rings. The molecule has 5 nitrogen and oxygen atoms in total. The molecule has 2 N–H and O–H groups in total. The molecule has 0 saturated heterocycles. The molecule has 0 aliphatic carbocycles. The zero-order valence-electron chi connectivity index (χ0n) is 7.36. The predicted octanol–water partition coefficient (Wildman–Crippen LogP) is 1.37. The molecular formula is C6H12FO5P. The molecule has 0 aliphatic rings. The van der Waals surface area contributed by atoms with Crippen molar-refractivity contribution in [3.05, 3.63) is 0 Å². The summed E-state index contributed by atoms with van der Waals surface area (Å²) in [7, 11) is -4.74. The number of alkyl halides is 1. The molecule has 0 rings (SSSR count). The van der Waals surface area contributed by atoms with Gasteiger partial charge in [0, 0.05) is 6.42 Å². The fourth-order valence-electron chi connectivity index (χ4n) is 0.749. The summed E-state index contributed by atoms with van der Waals surface area (Å²) >= 11 is 0. The van der Waals surface area contributed by atoms with Gasteiger partial charge in [0.15, 0.2) is 0 Å². The first-order chi connectivity index (χ1) is 5.81. The highest BCUT2D eigenvalue weighted by Crippen LogP contribution is 2.58. The molecule has 0 spiro atoms. The van der Waals surface area contributed by atoms with E-state index in [9.17, 15) is 13.8 Å². The van der Waals surface area contributed by atoms with Gasteiger partial charge < -0.3 is 14.5 Å². The molecule has 13 heavy (non-hydrogen) atoms. The van der Waals surface area contributed by atoms with Gasteiger partial charge in [-0.3, -0.25) is 4.57 Å². The van der Waals surface area contributed by atoms with Gasteiger partial charge >= 0.3 is 19.0 Å². The van der Waals surface area contributed by atoms with Crippen molar-refractivity contribution in [1.82, 2.24) is 0 Å². The lowest BCUT2D eigenvalue weighted by Gasteiger charge is -2.23. The van der Waals surface area contributed by atoms with Gasteiger partial charge in [-0.2, -0.15) is 0 Å². The monoisotopic (exact) mass is 214 g/mol. The normalized spacial score (nSPS) is 20.3. The Morgan fingerprint density at radius 2 is 2.08 bits per heavy atom. The molecule has 2 unspecified atom stereocenters. The maximum atomic E-state index is 13.4. The lowest BCUT2D eigenvalue weighted by Crippen LogP contribution is -2.33. The average molecular weight is 214 g/mol. The van der Waals surface area contributed by atoms with Gasteiger partial charge in [0.1, 0.15) is 0 Å². The maximum absolute atomic E-state index is 13.4. The lowest BCUT2D eigenvalue weighted by molar-refractivity contribution is -0.146. The molecule has 7 heteroatoms. The lowest BCUT2D eigenvalue weighted by atomic mass is 10.3. The van der Waals surface area contributed by atoms with Crippen LogP contribution in [0.25, 0.3) is 0 Å². The highest BCUT2D eigenvalue weighted by Gasteiger charge is 2.55. The summed E-state index contributed by atoms with van der Waals surface area (Å²) in [4.78, 5) is 19.4. The van der Waals surface area contributed by atoms with Crippen molar-refractivity contribution >= 4 is 13.6 Å². The van der Waals surface area contributed by atoms with Crippen LogP contribution in [0.4, 0.5) is 4.39 Å². The number of carboxylic acids is 1. The van der Waals surface area contributed by atoms with Crippen LogP contribution < -0.4 is 0 Å². The van der Waals surface area contributed by atoms with Crippen LogP contribution in [0.3, 0.4) is 0 Å². The number of rotatable bonds is 5. The molecule has 2 atom stereocenters. The Morgan fingerprint density at radius 1 is 1.62 bits per heavy atom. The molecule has 0 aromatic heterocycles. The van der Waals surface area contributed by atoms with E-state index in [1.54, 1.807) is 0 Å². The smallest absolute Gasteiger partial charge is 0.376 e. The highest BCUT2D eigenvalue weighted by atomic mass is 31.2. The van der Waals surface area contributed by atoms with E-state index in [4.69, 9.17) is 10.00 Å². The van der Waals surface area contributed by atoms with E-state index in [2.05, 4.69) is 4.52 Å². The zero-order chi connectivity index (χ0) is 10.7. The summed E-state index contributed by atoms with van der Waals surface area (Å²) in [6.07, 6.45) is -0.615. The van der Waals surface area contributed by atoms with Gasteiger partial charge in [-0.15, -0.1) is 0 Å². The Bertz CT molecular complexity index is 243. The highest BCUT2D eigenvalue weighted by molar-refractivity contribution is 7.55. The van der Waals surface area contributed by atoms with Gasteiger partial charge in [0.25, 0.3) is 0 Å². The largest absolute Gasteiger partial charge is 0.478 e. The minimum absolute atomic E-state index is 0.216. The van der Waals surface area contributed by atoms with E-state index in [-0.39, 0.29) is 6.61 Å². The molecule has 0 amide bonds. The van der Waals surface area contributed by atoms with Crippen molar-refractivity contribution < 1.29 is 28.3 Å². The van der Waals surface area contributed by atoms with E-state index in [0.717, 1.165) is 6.92 Å². The van der Waals surface area contributed by atoms with Crippen LogP contribution in [0.2, 0.25) is 0 Å². The van der Waals surface area contributed by atoms with Crippen LogP contribution in [0, 0.1) is 0 Å². The summed E-state index contributed by atoms with van der Waals surface area (Å²) in [6.45, 7) is 2.32. The standard InChI is InChI=1S/C6H12FO5P/c1-3-6(7,5(8)9)13(10,11)12-4-2/h3-4H2,1-2H3,(H,8,9)(H,10,11). The number of hydrogen-bond donors (Lipinski definition) is 2. The Morgan fingerprint density at radius 3 is 2.31 bits per heavy atom. The third kappa shape index (κ3) is 2.27. The second-order valence-electron chi connectivity index (χ2n) is 2.36. The van der Waals surface area contributed by atoms with Gasteiger partial charge in [-0.1, -0.05) is 6.92 Å². The van der Waals surface area contributed by atoms with Crippen LogP contribution in [-0.4, -0.2) is 28.0 Å². The second-order valence-corrected chi connectivity index (χ2v) is 4.36. The SMILES string of the molecule is CCOP(=O)(O)C(F)(CC)C(=O)O. The summed E-state index contributed by atoms with van der Waals surface area (Å²) in [5, 5.41) is 5.20. The van der Waals surface area contributed by atoms with Crippen molar-refractivity contribution in [2.24, 2.45) is 0 Å². The van der Waals surface area contributed by atoms with Crippen molar-refractivity contribution in [1.29, 1.82) is 0 Å². The molecular weight excluding hydrogens is 202 g/mol. The first kappa shape index (κ1) is 12.6. The maximum Gasteiger partial charge on any atom is 0.376 e. The van der Waals surface area contributed by atoms with Gasteiger partial charge in [0.2, 0.25) is 0 Å². The number of hydrogen-bond acceptors (Lipinski definition) is 3. The van der Waals surface area contributed by atoms with E-state index in [0.29, 0.717) is 0 Å². The Hall–Kier alpha value is -0.450. The van der Waals surface area contributed by atoms with Crippen LogP contribution in [-0.2, 0) is 13.9 Å². The number of halogens is 1. The number of aliphatic carboxylic acids is 1. The van der Waals surface area contributed by atoms with Crippen molar-refractivity contribution in [3.8, 4) is 0 Å². The third-order valence-electron chi connectivity index (χ3n) is 1.55. The van der Waals surface area contributed by atoms with Gasteiger partial charge in [0.05, 0.1) is 6.61 Å². The minimum Gasteiger partial charge on any atom is -0.478 e. The summed E-state index contributed by atoms with van der Waals surface area (Å²) in [5.41, 5.74) is 0. The molecule has 0 aromatic carbocycles. The van der Waals surface area contributed by atoms with Crippen molar-refractivity contribution in [3.63, 3.8) is 0 Å².